The summed E-state index contributed by atoms with van der Waals surface area (Å²) in [7, 11) is -2.01. The highest BCUT2D eigenvalue weighted by Gasteiger charge is 2.24. The van der Waals surface area contributed by atoms with E-state index in [1.807, 2.05) is 30.3 Å². The molecule has 1 aromatic carbocycles. The van der Waals surface area contributed by atoms with E-state index in [-0.39, 0.29) is 10.0 Å². The Hall–Kier alpha value is -1.37. The van der Waals surface area contributed by atoms with Gasteiger partial charge in [-0.1, -0.05) is 41.9 Å². The molecule has 0 unspecified atom stereocenters. The second-order valence-electron chi connectivity index (χ2n) is 4.82. The van der Waals surface area contributed by atoms with Crippen LogP contribution < -0.4 is 4.72 Å². The maximum absolute atomic E-state index is 12.2. The van der Waals surface area contributed by atoms with Crippen LogP contribution in [-0.4, -0.2) is 24.7 Å². The van der Waals surface area contributed by atoms with E-state index >= 15 is 0 Å². The molecule has 5 nitrogen and oxygen atoms in total. The molecule has 7 heteroatoms. The number of aryl methyl sites for hydroxylation is 3. The molecule has 0 bridgehead atoms. The van der Waals surface area contributed by atoms with Gasteiger partial charge in [-0.15, -0.1) is 0 Å². The van der Waals surface area contributed by atoms with Crippen molar-refractivity contribution in [1.82, 2.24) is 14.5 Å². The van der Waals surface area contributed by atoms with Gasteiger partial charge in [-0.2, -0.15) is 5.10 Å². The molecule has 1 N–H and O–H groups in total. The monoisotopic (exact) mass is 327 g/mol. The molecule has 0 aliphatic heterocycles. The average Bonchev–Trinajstić information content (AvgIpc) is 2.70. The van der Waals surface area contributed by atoms with Crippen LogP contribution in [0.4, 0.5) is 0 Å². The summed E-state index contributed by atoms with van der Waals surface area (Å²) in [6, 6.07) is 9.95. The van der Waals surface area contributed by atoms with Crippen LogP contribution in [0.3, 0.4) is 0 Å². The largest absolute Gasteiger partial charge is 0.255 e. The summed E-state index contributed by atoms with van der Waals surface area (Å²) < 4.78 is 28.4. The summed E-state index contributed by atoms with van der Waals surface area (Å²) in [6.07, 6.45) is 1.54. The van der Waals surface area contributed by atoms with Crippen LogP contribution in [-0.2, 0) is 23.5 Å². The molecule has 0 fully saturated rings. The van der Waals surface area contributed by atoms with Gasteiger partial charge in [0, 0.05) is 13.6 Å². The number of hydrogen-bond donors (Lipinski definition) is 1. The molecule has 114 valence electrons. The third kappa shape index (κ3) is 3.84. The molecule has 0 saturated carbocycles. The first-order chi connectivity index (χ1) is 9.92. The van der Waals surface area contributed by atoms with Crippen LogP contribution in [0.1, 0.15) is 17.7 Å². The predicted octanol–water partition coefficient (Wildman–Crippen LogP) is 2.29. The smallest absolute Gasteiger partial charge is 0.245 e. The maximum Gasteiger partial charge on any atom is 0.245 e. The Bertz CT molecular complexity index is 711. The lowest BCUT2D eigenvalue weighted by atomic mass is 10.1. The van der Waals surface area contributed by atoms with Crippen LogP contribution in [0.5, 0.6) is 0 Å². The quantitative estimate of drug-likeness (QED) is 0.828. The van der Waals surface area contributed by atoms with Gasteiger partial charge < -0.3 is 0 Å². The second-order valence-corrected chi connectivity index (χ2v) is 6.88. The third-order valence-electron chi connectivity index (χ3n) is 3.15. The van der Waals surface area contributed by atoms with Gasteiger partial charge in [0.25, 0.3) is 0 Å². The fraction of sp³-hybridized carbons (Fsp3) is 0.357. The summed E-state index contributed by atoms with van der Waals surface area (Å²) in [5.41, 5.74) is 1.59. The van der Waals surface area contributed by atoms with Crippen molar-refractivity contribution < 1.29 is 8.42 Å². The Kier molecular flexibility index (Phi) is 5.03. The van der Waals surface area contributed by atoms with E-state index in [9.17, 15) is 8.42 Å². The topological polar surface area (TPSA) is 64.0 Å². The molecule has 0 spiro atoms. The Morgan fingerprint density at radius 2 is 1.95 bits per heavy atom. The van der Waals surface area contributed by atoms with Crippen LogP contribution in [0, 0.1) is 6.92 Å². The van der Waals surface area contributed by atoms with E-state index in [1.165, 1.54) is 10.2 Å². The van der Waals surface area contributed by atoms with Crippen LogP contribution >= 0.6 is 11.6 Å². The van der Waals surface area contributed by atoms with Gasteiger partial charge in [0.2, 0.25) is 10.0 Å². The molecule has 21 heavy (non-hydrogen) atoms. The normalized spacial score (nSPS) is 11.8. The summed E-state index contributed by atoms with van der Waals surface area (Å²) in [5, 5.41) is 4.15. The van der Waals surface area contributed by atoms with Crippen molar-refractivity contribution in [1.29, 1.82) is 0 Å². The van der Waals surface area contributed by atoms with Gasteiger partial charge >= 0.3 is 0 Å². The predicted molar refractivity (Wildman–Crippen MR) is 82.9 cm³/mol. The molecule has 2 aromatic rings. The number of rotatable bonds is 6. The van der Waals surface area contributed by atoms with Gasteiger partial charge in [-0.3, -0.25) is 4.68 Å². The molecule has 0 aliphatic carbocycles. The highest BCUT2D eigenvalue weighted by molar-refractivity contribution is 7.89. The zero-order valence-electron chi connectivity index (χ0n) is 12.0. The summed E-state index contributed by atoms with van der Waals surface area (Å²) in [6.45, 7) is 1.99. The highest BCUT2D eigenvalue weighted by atomic mass is 35.5. The molecule has 0 aliphatic rings. The molecule has 1 heterocycles. The van der Waals surface area contributed by atoms with E-state index in [0.29, 0.717) is 12.2 Å². The van der Waals surface area contributed by atoms with Crippen molar-refractivity contribution >= 4 is 21.6 Å². The fourth-order valence-corrected chi connectivity index (χ4v) is 3.95. The number of benzene rings is 1. The number of nitrogens with zero attached hydrogens (tertiary/aromatic N) is 2. The zero-order chi connectivity index (χ0) is 15.5. The minimum atomic E-state index is -3.62. The lowest BCUT2D eigenvalue weighted by Crippen LogP contribution is -2.25. The molecule has 0 radical (unpaired) electrons. The van der Waals surface area contributed by atoms with Gasteiger partial charge in [0.05, 0.1) is 5.69 Å². The third-order valence-corrected chi connectivity index (χ3v) is 5.30. The van der Waals surface area contributed by atoms with Crippen LogP contribution in [0.25, 0.3) is 0 Å². The standard InChI is InChI=1S/C14H18ClN3O2S/c1-11-13(14(15)18(2)17-11)21(19,20)16-10-6-9-12-7-4-3-5-8-12/h3-5,7-8,16H,6,9-10H2,1-2H3. The Labute approximate surface area is 130 Å². The van der Waals surface area contributed by atoms with Gasteiger partial charge in [-0.25, -0.2) is 13.1 Å². The molecule has 2 rings (SSSR count). The molecule has 0 atom stereocenters. The maximum atomic E-state index is 12.2. The number of sulfonamides is 1. The zero-order valence-corrected chi connectivity index (χ0v) is 13.6. The summed E-state index contributed by atoms with van der Waals surface area (Å²) >= 11 is 5.99. The average molecular weight is 328 g/mol. The van der Waals surface area contributed by atoms with E-state index < -0.39 is 10.0 Å². The first-order valence-corrected chi connectivity index (χ1v) is 8.50. The van der Waals surface area contributed by atoms with Crippen molar-refractivity contribution in [2.75, 3.05) is 6.54 Å². The SMILES string of the molecule is Cc1nn(C)c(Cl)c1S(=O)(=O)NCCCc1ccccc1. The Morgan fingerprint density at radius 3 is 2.52 bits per heavy atom. The molecular weight excluding hydrogens is 310 g/mol. The molecule has 0 amide bonds. The fourth-order valence-electron chi connectivity index (χ4n) is 2.13. The number of halogens is 1. The summed E-state index contributed by atoms with van der Waals surface area (Å²) in [4.78, 5) is 0.0615. The first kappa shape index (κ1) is 16.0. The number of aromatic nitrogens is 2. The number of nitrogens with one attached hydrogen (secondary N) is 1. The lowest BCUT2D eigenvalue weighted by molar-refractivity contribution is 0.578. The van der Waals surface area contributed by atoms with Crippen molar-refractivity contribution in [3.8, 4) is 0 Å². The highest BCUT2D eigenvalue weighted by Crippen LogP contribution is 2.23. The Balaban J connectivity index is 1.96. The second kappa shape index (κ2) is 6.60. The first-order valence-electron chi connectivity index (χ1n) is 6.64. The van der Waals surface area contributed by atoms with Gasteiger partial charge in [-0.05, 0) is 25.3 Å². The van der Waals surface area contributed by atoms with E-state index in [1.54, 1.807) is 14.0 Å². The molecule has 1 aromatic heterocycles. The minimum Gasteiger partial charge on any atom is -0.255 e. The van der Waals surface area contributed by atoms with E-state index in [2.05, 4.69) is 9.82 Å². The van der Waals surface area contributed by atoms with E-state index in [4.69, 9.17) is 11.6 Å². The van der Waals surface area contributed by atoms with Crippen LogP contribution in [0.15, 0.2) is 35.2 Å². The van der Waals surface area contributed by atoms with Crippen molar-refractivity contribution in [3.63, 3.8) is 0 Å². The lowest BCUT2D eigenvalue weighted by Gasteiger charge is -2.06. The van der Waals surface area contributed by atoms with Crippen molar-refractivity contribution in [2.45, 2.75) is 24.7 Å². The van der Waals surface area contributed by atoms with E-state index in [0.717, 1.165) is 12.8 Å². The van der Waals surface area contributed by atoms with Gasteiger partial charge in [0.1, 0.15) is 10.0 Å². The Morgan fingerprint density at radius 1 is 1.29 bits per heavy atom. The van der Waals surface area contributed by atoms with Crippen LogP contribution in [0.2, 0.25) is 5.15 Å². The summed E-state index contributed by atoms with van der Waals surface area (Å²) in [5.74, 6) is 0. The number of hydrogen-bond acceptors (Lipinski definition) is 3. The molecular formula is C14H18ClN3O2S. The molecule has 0 saturated heterocycles. The minimum absolute atomic E-state index is 0.0615. The van der Waals surface area contributed by atoms with Crippen molar-refractivity contribution in [3.05, 3.63) is 46.7 Å². The van der Waals surface area contributed by atoms with Gasteiger partial charge in [0.15, 0.2) is 0 Å². The van der Waals surface area contributed by atoms with Crippen molar-refractivity contribution in [2.24, 2.45) is 7.05 Å².